The van der Waals surface area contributed by atoms with Gasteiger partial charge in [-0.25, -0.2) is 4.79 Å². The third-order valence-corrected chi connectivity index (χ3v) is 8.43. The van der Waals surface area contributed by atoms with Crippen LogP contribution in [0.4, 0.5) is 13.2 Å². The van der Waals surface area contributed by atoms with E-state index in [4.69, 9.17) is 0 Å². The molecular formula is C29H33F3N6O. The summed E-state index contributed by atoms with van der Waals surface area (Å²) in [6.45, 7) is 4.24. The summed E-state index contributed by atoms with van der Waals surface area (Å²) in [5.74, 6) is 1.77. The van der Waals surface area contributed by atoms with Gasteiger partial charge in [0.2, 0.25) is 0 Å². The Kier molecular flexibility index (Phi) is 6.61. The van der Waals surface area contributed by atoms with Gasteiger partial charge in [-0.2, -0.15) is 13.2 Å². The molecule has 2 aliphatic rings. The summed E-state index contributed by atoms with van der Waals surface area (Å²) < 4.78 is 47.1. The second kappa shape index (κ2) is 9.97. The highest BCUT2D eigenvalue weighted by Crippen LogP contribution is 2.43. The Morgan fingerprint density at radius 2 is 1.92 bits per heavy atom. The van der Waals surface area contributed by atoms with Gasteiger partial charge in [0.15, 0.2) is 0 Å². The largest absolute Gasteiger partial charge is 0.418 e. The molecule has 0 bridgehead atoms. The Labute approximate surface area is 224 Å². The number of benzene rings is 1. The molecule has 6 rings (SSSR count). The number of likely N-dealkylation sites (tertiary alicyclic amines) is 1. The number of aryl methyl sites for hydroxylation is 1. The van der Waals surface area contributed by atoms with Crippen molar-refractivity contribution in [3.8, 4) is 5.69 Å². The van der Waals surface area contributed by atoms with Crippen LogP contribution in [0, 0.1) is 11.8 Å². The second-order valence-electron chi connectivity index (χ2n) is 11.3. The molecule has 7 nitrogen and oxygen atoms in total. The highest BCUT2D eigenvalue weighted by Gasteiger charge is 2.35. The first-order chi connectivity index (χ1) is 18.7. The van der Waals surface area contributed by atoms with Crippen molar-refractivity contribution in [2.45, 2.75) is 57.7 Å². The van der Waals surface area contributed by atoms with Crippen LogP contribution in [0.5, 0.6) is 0 Å². The van der Waals surface area contributed by atoms with Crippen LogP contribution in [0.2, 0.25) is 0 Å². The molecule has 0 N–H and O–H groups in total. The third kappa shape index (κ3) is 4.90. The number of hydrogen-bond donors (Lipinski definition) is 0. The van der Waals surface area contributed by atoms with Gasteiger partial charge >= 0.3 is 11.9 Å². The standard InChI is InChI=1S/C29H33F3N6O/c1-19-6-5-11-36(14-19)15-20-12-24(29(30,31)32)25-17-37(28(39)38(25)16-20)23-10-4-9-22(13-23)26(21-7-3-8-21)27-34-33-18-35(27)2/h4,9-10,12-13,16-19,21,26H,3,5-8,11,14-15H2,1-2H3/t19-,26?/m0/s1. The fourth-order valence-electron chi connectivity index (χ4n) is 6.28. The van der Waals surface area contributed by atoms with E-state index in [0.717, 1.165) is 61.0 Å². The summed E-state index contributed by atoms with van der Waals surface area (Å²) in [5, 5.41) is 8.43. The highest BCUT2D eigenvalue weighted by molar-refractivity contribution is 5.58. The molecule has 4 aromatic rings. The lowest BCUT2D eigenvalue weighted by Gasteiger charge is -2.33. The number of imidazole rings is 1. The Hall–Kier alpha value is -3.40. The summed E-state index contributed by atoms with van der Waals surface area (Å²) in [7, 11) is 1.91. The van der Waals surface area contributed by atoms with Gasteiger partial charge in [-0.15, -0.1) is 10.2 Å². The molecule has 1 aliphatic carbocycles. The average Bonchev–Trinajstić information content (AvgIpc) is 3.43. The Morgan fingerprint density at radius 3 is 2.59 bits per heavy atom. The minimum Gasteiger partial charge on any atom is -0.320 e. The number of halogens is 3. The molecule has 206 valence electrons. The minimum absolute atomic E-state index is 0.00297. The predicted molar refractivity (Wildman–Crippen MR) is 142 cm³/mol. The van der Waals surface area contributed by atoms with Gasteiger partial charge in [-0.3, -0.25) is 13.9 Å². The van der Waals surface area contributed by atoms with Crippen LogP contribution in [0.1, 0.15) is 67.5 Å². The van der Waals surface area contributed by atoms with Gasteiger partial charge in [0.1, 0.15) is 12.2 Å². The highest BCUT2D eigenvalue weighted by atomic mass is 19.4. The average molecular weight is 539 g/mol. The lowest BCUT2D eigenvalue weighted by atomic mass is 9.72. The molecule has 39 heavy (non-hydrogen) atoms. The number of aromatic nitrogens is 5. The first-order valence-corrected chi connectivity index (χ1v) is 13.7. The lowest BCUT2D eigenvalue weighted by Crippen LogP contribution is -2.34. The molecule has 0 amide bonds. The van der Waals surface area contributed by atoms with E-state index in [2.05, 4.69) is 22.0 Å². The monoisotopic (exact) mass is 538 g/mol. The van der Waals surface area contributed by atoms with Gasteiger partial charge in [0.05, 0.1) is 16.8 Å². The first-order valence-electron chi connectivity index (χ1n) is 13.7. The zero-order chi connectivity index (χ0) is 27.3. The van der Waals surface area contributed by atoms with Crippen molar-refractivity contribution in [1.29, 1.82) is 0 Å². The van der Waals surface area contributed by atoms with Gasteiger partial charge in [-0.1, -0.05) is 25.5 Å². The number of pyridine rings is 1. The first kappa shape index (κ1) is 25.9. The normalized spacial score (nSPS) is 19.9. The van der Waals surface area contributed by atoms with E-state index in [1.807, 2.05) is 29.8 Å². The number of alkyl halides is 3. The predicted octanol–water partition coefficient (Wildman–Crippen LogP) is 5.40. The Bertz CT molecular complexity index is 1550. The van der Waals surface area contributed by atoms with Crippen molar-refractivity contribution in [1.82, 2.24) is 28.6 Å². The zero-order valence-electron chi connectivity index (χ0n) is 22.2. The van der Waals surface area contributed by atoms with Gasteiger partial charge < -0.3 is 4.57 Å². The van der Waals surface area contributed by atoms with E-state index < -0.39 is 17.4 Å². The van der Waals surface area contributed by atoms with Gasteiger partial charge in [0.25, 0.3) is 0 Å². The third-order valence-electron chi connectivity index (χ3n) is 8.43. The van der Waals surface area contributed by atoms with Crippen molar-refractivity contribution in [3.63, 3.8) is 0 Å². The Balaban J connectivity index is 1.42. The quantitative estimate of drug-likeness (QED) is 0.330. The van der Waals surface area contributed by atoms with E-state index in [9.17, 15) is 18.0 Å². The van der Waals surface area contributed by atoms with Crippen LogP contribution in [0.25, 0.3) is 11.2 Å². The SMILES string of the molecule is C[C@H]1CCCN(Cc2cc(C(F)(F)F)c3cn(-c4cccc(C(c5nncn5C)C5CCC5)c4)c(=O)n3c2)C1. The zero-order valence-corrected chi connectivity index (χ0v) is 22.2. The van der Waals surface area contributed by atoms with Crippen LogP contribution in [0.3, 0.4) is 0 Å². The summed E-state index contributed by atoms with van der Waals surface area (Å²) in [4.78, 5) is 15.8. The molecule has 10 heteroatoms. The van der Waals surface area contributed by atoms with Crippen LogP contribution in [-0.2, 0) is 19.8 Å². The number of rotatable bonds is 6. The van der Waals surface area contributed by atoms with Crippen LogP contribution in [0.15, 0.2) is 53.8 Å². The maximum absolute atomic E-state index is 14.2. The van der Waals surface area contributed by atoms with Crippen LogP contribution >= 0.6 is 0 Å². The number of piperidine rings is 1. The molecule has 1 saturated heterocycles. The molecule has 2 fully saturated rings. The lowest BCUT2D eigenvalue weighted by molar-refractivity contribution is -0.136. The van der Waals surface area contributed by atoms with E-state index >= 15 is 0 Å². The molecule has 1 unspecified atom stereocenters. The molecule has 1 saturated carbocycles. The molecule has 2 atom stereocenters. The van der Waals surface area contributed by atoms with Crippen molar-refractivity contribution < 1.29 is 13.2 Å². The topological polar surface area (TPSA) is 60.4 Å². The smallest absolute Gasteiger partial charge is 0.320 e. The maximum atomic E-state index is 14.2. The summed E-state index contributed by atoms with van der Waals surface area (Å²) in [6.07, 6.45) is 5.44. The van der Waals surface area contributed by atoms with Crippen molar-refractivity contribution in [2.24, 2.45) is 18.9 Å². The van der Waals surface area contributed by atoms with Crippen LogP contribution < -0.4 is 5.69 Å². The number of hydrogen-bond acceptors (Lipinski definition) is 4. The maximum Gasteiger partial charge on any atom is 0.418 e. The van der Waals surface area contributed by atoms with E-state index in [0.29, 0.717) is 29.6 Å². The molecule has 0 spiro atoms. The fraction of sp³-hybridized carbons (Fsp3) is 0.483. The number of fused-ring (bicyclic) bond motifs is 1. The van der Waals surface area contributed by atoms with Crippen LogP contribution in [-0.4, -0.2) is 41.7 Å². The summed E-state index contributed by atoms with van der Waals surface area (Å²) in [6, 6.07) is 8.73. The Morgan fingerprint density at radius 1 is 1.10 bits per heavy atom. The summed E-state index contributed by atoms with van der Waals surface area (Å²) in [5.41, 5.74) is 0.560. The minimum atomic E-state index is -4.59. The number of nitrogens with zero attached hydrogens (tertiary/aromatic N) is 6. The molecule has 1 aromatic carbocycles. The van der Waals surface area contributed by atoms with Crippen molar-refractivity contribution >= 4 is 5.52 Å². The fourth-order valence-corrected chi connectivity index (χ4v) is 6.28. The van der Waals surface area contributed by atoms with Gasteiger partial charge in [0, 0.05) is 38.4 Å². The molecular weight excluding hydrogens is 505 g/mol. The van der Waals surface area contributed by atoms with Crippen molar-refractivity contribution in [3.05, 3.63) is 82.1 Å². The summed E-state index contributed by atoms with van der Waals surface area (Å²) >= 11 is 0. The molecule has 4 heterocycles. The van der Waals surface area contributed by atoms with Crippen molar-refractivity contribution in [2.75, 3.05) is 13.1 Å². The molecule has 1 aliphatic heterocycles. The van der Waals surface area contributed by atoms with Gasteiger partial charge in [-0.05, 0) is 73.4 Å². The second-order valence-corrected chi connectivity index (χ2v) is 11.3. The van der Waals surface area contributed by atoms with E-state index in [-0.39, 0.29) is 11.4 Å². The molecule has 0 radical (unpaired) electrons. The van der Waals surface area contributed by atoms with E-state index in [1.165, 1.54) is 16.8 Å². The van der Waals surface area contributed by atoms with E-state index in [1.54, 1.807) is 18.6 Å². The molecule has 3 aromatic heterocycles.